The average Bonchev–Trinajstić information content (AvgIpc) is 2.96. The van der Waals surface area contributed by atoms with Gasteiger partial charge in [0.15, 0.2) is 9.84 Å². The van der Waals surface area contributed by atoms with E-state index in [4.69, 9.17) is 0 Å². The van der Waals surface area contributed by atoms with Crippen LogP contribution in [-0.2, 0) is 16.4 Å². The monoisotopic (exact) mass is 340 g/mol. The normalized spacial score (nSPS) is 33.0. The Morgan fingerprint density at radius 1 is 1.48 bits per heavy atom. The minimum absolute atomic E-state index is 0.0419. The zero-order valence-corrected chi connectivity index (χ0v) is 12.8. The molecule has 9 heteroatoms. The topological polar surface area (TPSA) is 50.3 Å². The number of likely N-dealkylation sites (tertiary alicyclic amines) is 1. The van der Waals surface area contributed by atoms with E-state index in [0.717, 1.165) is 4.88 Å². The van der Waals surface area contributed by atoms with Gasteiger partial charge in [0.05, 0.1) is 16.4 Å². The fraction of sp³-hybridized carbons (Fsp3) is 0.750. The molecule has 1 aromatic heterocycles. The van der Waals surface area contributed by atoms with Crippen molar-refractivity contribution in [2.24, 2.45) is 5.41 Å². The number of aromatic nitrogens is 1. The number of sulfone groups is 1. The van der Waals surface area contributed by atoms with Crippen LogP contribution in [0.15, 0.2) is 12.3 Å². The zero-order valence-electron chi connectivity index (χ0n) is 11.1. The summed E-state index contributed by atoms with van der Waals surface area (Å²) < 4.78 is 68.9. The molecule has 118 valence electrons. The van der Waals surface area contributed by atoms with Crippen molar-refractivity contribution in [1.82, 2.24) is 9.27 Å². The molecule has 0 aliphatic carbocycles. The van der Waals surface area contributed by atoms with Gasteiger partial charge in [0.25, 0.3) is 0 Å². The van der Waals surface area contributed by atoms with Crippen molar-refractivity contribution in [3.8, 4) is 0 Å². The van der Waals surface area contributed by atoms with E-state index in [9.17, 15) is 21.6 Å². The summed E-state index contributed by atoms with van der Waals surface area (Å²) in [6.45, 7) is 0.0482. The maximum atomic E-state index is 13.6. The largest absolute Gasteiger partial charge is 0.397 e. The fourth-order valence-corrected chi connectivity index (χ4v) is 6.38. The summed E-state index contributed by atoms with van der Waals surface area (Å²) in [5.74, 6) is -0.135. The number of fused-ring (bicyclic) bond motifs is 1. The number of rotatable bonds is 2. The zero-order chi connectivity index (χ0) is 15.3. The van der Waals surface area contributed by atoms with E-state index in [2.05, 4.69) is 4.37 Å². The van der Waals surface area contributed by atoms with Crippen molar-refractivity contribution in [3.05, 3.63) is 17.1 Å². The highest BCUT2D eigenvalue weighted by atomic mass is 32.2. The Balaban J connectivity index is 1.92. The molecule has 2 atom stereocenters. The summed E-state index contributed by atoms with van der Waals surface area (Å²) >= 11 is 1.23. The van der Waals surface area contributed by atoms with E-state index >= 15 is 0 Å². The molecule has 2 saturated heterocycles. The maximum absolute atomic E-state index is 13.6. The highest BCUT2D eigenvalue weighted by Crippen LogP contribution is 2.53. The summed E-state index contributed by atoms with van der Waals surface area (Å²) in [5, 5.41) is -1.33. The van der Waals surface area contributed by atoms with Gasteiger partial charge in [-0.2, -0.15) is 13.2 Å². The van der Waals surface area contributed by atoms with E-state index < -0.39 is 26.7 Å². The molecule has 0 saturated carbocycles. The second-order valence-corrected chi connectivity index (χ2v) is 8.98. The lowest BCUT2D eigenvalue weighted by Crippen LogP contribution is -2.53. The molecule has 2 aliphatic heterocycles. The van der Waals surface area contributed by atoms with Crippen molar-refractivity contribution in [1.29, 1.82) is 0 Å². The third-order valence-corrected chi connectivity index (χ3v) is 7.52. The van der Waals surface area contributed by atoms with Crippen molar-refractivity contribution < 1.29 is 21.6 Å². The van der Waals surface area contributed by atoms with Crippen LogP contribution in [0.1, 0.15) is 17.7 Å². The van der Waals surface area contributed by atoms with Crippen LogP contribution in [0.25, 0.3) is 0 Å². The van der Waals surface area contributed by atoms with Gasteiger partial charge in [-0.1, -0.05) is 0 Å². The standard InChI is InChI=1S/C12H15F3N2O2S2/c13-12(14,15)11-3-1-5-21(18,19)10(11)7-17(8-11)6-9-2-4-16-20-9/h2,4,10H,1,3,5-8H2/t10-,11-/m1/s1. The van der Waals surface area contributed by atoms with Crippen LogP contribution in [0.5, 0.6) is 0 Å². The predicted molar refractivity (Wildman–Crippen MR) is 72.7 cm³/mol. The molecular weight excluding hydrogens is 325 g/mol. The van der Waals surface area contributed by atoms with Crippen LogP contribution >= 0.6 is 11.5 Å². The Labute approximate surface area is 125 Å². The van der Waals surface area contributed by atoms with Crippen molar-refractivity contribution in [3.63, 3.8) is 0 Å². The van der Waals surface area contributed by atoms with E-state index in [1.54, 1.807) is 17.2 Å². The first-order valence-corrected chi connectivity index (χ1v) is 9.14. The van der Waals surface area contributed by atoms with Crippen LogP contribution in [0.3, 0.4) is 0 Å². The van der Waals surface area contributed by atoms with Gasteiger partial charge in [-0.05, 0) is 30.4 Å². The van der Waals surface area contributed by atoms with Gasteiger partial charge >= 0.3 is 6.18 Å². The first-order chi connectivity index (χ1) is 9.75. The maximum Gasteiger partial charge on any atom is 0.397 e. The van der Waals surface area contributed by atoms with Gasteiger partial charge in [0.2, 0.25) is 0 Å². The number of hydrogen-bond donors (Lipinski definition) is 0. The highest BCUT2D eigenvalue weighted by Gasteiger charge is 2.67. The van der Waals surface area contributed by atoms with Crippen molar-refractivity contribution >= 4 is 21.4 Å². The summed E-state index contributed by atoms with van der Waals surface area (Å²) in [6.07, 6.45) is -2.90. The second-order valence-electron chi connectivity index (χ2n) is 5.76. The van der Waals surface area contributed by atoms with Crippen molar-refractivity contribution in [2.45, 2.75) is 30.8 Å². The smallest absolute Gasteiger partial charge is 0.296 e. The number of nitrogens with zero attached hydrogens (tertiary/aromatic N) is 2. The first kappa shape index (κ1) is 15.2. The van der Waals surface area contributed by atoms with Gasteiger partial charge in [0, 0.05) is 30.7 Å². The molecule has 21 heavy (non-hydrogen) atoms. The van der Waals surface area contributed by atoms with E-state index in [-0.39, 0.29) is 31.7 Å². The summed E-state index contributed by atoms with van der Waals surface area (Å²) in [7, 11) is -3.69. The molecule has 2 aliphatic rings. The predicted octanol–water partition coefficient (Wildman–Crippen LogP) is 2.08. The van der Waals surface area contributed by atoms with E-state index in [1.807, 2.05) is 0 Å². The lowest BCUT2D eigenvalue weighted by Gasteiger charge is -2.39. The minimum atomic E-state index is -4.49. The summed E-state index contributed by atoms with van der Waals surface area (Å²) in [5.41, 5.74) is -2.10. The second kappa shape index (κ2) is 4.92. The Morgan fingerprint density at radius 2 is 2.24 bits per heavy atom. The molecular formula is C12H15F3N2O2S2. The van der Waals surface area contributed by atoms with Crippen LogP contribution in [0, 0.1) is 5.41 Å². The SMILES string of the molecule is O=S1(=O)CCC[C@@]2(C(F)(F)F)CN(Cc3ccns3)C[C@H]21. The number of hydrogen-bond acceptors (Lipinski definition) is 5. The van der Waals surface area contributed by atoms with Gasteiger partial charge in [0.1, 0.15) is 0 Å². The first-order valence-electron chi connectivity index (χ1n) is 6.65. The number of halogens is 3. The molecule has 1 aromatic rings. The van der Waals surface area contributed by atoms with Gasteiger partial charge in [-0.25, -0.2) is 12.8 Å². The Hall–Kier alpha value is -0.670. The third kappa shape index (κ3) is 2.49. The molecule has 0 spiro atoms. The van der Waals surface area contributed by atoms with E-state index in [0.29, 0.717) is 6.54 Å². The molecule has 0 N–H and O–H groups in total. The molecule has 0 amide bonds. The van der Waals surface area contributed by atoms with Crippen LogP contribution in [0.4, 0.5) is 13.2 Å². The lowest BCUT2D eigenvalue weighted by atomic mass is 9.81. The number of alkyl halides is 3. The molecule has 3 rings (SSSR count). The minimum Gasteiger partial charge on any atom is -0.296 e. The molecule has 0 unspecified atom stereocenters. The Bertz CT molecular complexity index is 615. The molecule has 4 nitrogen and oxygen atoms in total. The van der Waals surface area contributed by atoms with Crippen LogP contribution in [0.2, 0.25) is 0 Å². The quantitative estimate of drug-likeness (QED) is 0.827. The van der Waals surface area contributed by atoms with Gasteiger partial charge in [-0.3, -0.25) is 4.90 Å². The molecule has 3 heterocycles. The Kier molecular flexibility index (Phi) is 3.57. The van der Waals surface area contributed by atoms with Crippen LogP contribution in [-0.4, -0.2) is 48.0 Å². The van der Waals surface area contributed by atoms with Gasteiger partial charge in [-0.15, -0.1) is 0 Å². The molecule has 0 radical (unpaired) electrons. The average molecular weight is 340 g/mol. The van der Waals surface area contributed by atoms with Gasteiger partial charge < -0.3 is 0 Å². The molecule has 2 fully saturated rings. The van der Waals surface area contributed by atoms with E-state index in [1.165, 1.54) is 11.5 Å². The summed E-state index contributed by atoms with van der Waals surface area (Å²) in [4.78, 5) is 2.46. The fourth-order valence-electron chi connectivity index (χ4n) is 3.48. The highest BCUT2D eigenvalue weighted by molar-refractivity contribution is 7.92. The lowest BCUT2D eigenvalue weighted by molar-refractivity contribution is -0.221. The van der Waals surface area contributed by atoms with Crippen molar-refractivity contribution in [2.75, 3.05) is 18.8 Å². The third-order valence-electron chi connectivity index (χ3n) is 4.47. The summed E-state index contributed by atoms with van der Waals surface area (Å²) in [6, 6.07) is 1.75. The molecule has 0 bridgehead atoms. The Morgan fingerprint density at radius 3 is 2.81 bits per heavy atom. The van der Waals surface area contributed by atoms with Crippen LogP contribution < -0.4 is 0 Å². The molecule has 0 aromatic carbocycles.